The van der Waals surface area contributed by atoms with Crippen LogP contribution in [0.5, 0.6) is 0 Å². The first-order valence-electron chi connectivity index (χ1n) is 2.82. The summed E-state index contributed by atoms with van der Waals surface area (Å²) in [6.45, 7) is 0. The molecule has 1 aromatic rings. The first-order valence-corrected chi connectivity index (χ1v) is 4.95. The van der Waals surface area contributed by atoms with Crippen molar-refractivity contribution < 1.29 is 0 Å². The van der Waals surface area contributed by atoms with Crippen LogP contribution in [0.1, 0.15) is 5.69 Å². The fourth-order valence-corrected chi connectivity index (χ4v) is 1.28. The Kier molecular flexibility index (Phi) is 3.43. The second-order valence-electron chi connectivity index (χ2n) is 1.72. The van der Waals surface area contributed by atoms with E-state index in [0.29, 0.717) is 21.8 Å². The van der Waals surface area contributed by atoms with Gasteiger partial charge in [0.2, 0.25) is 0 Å². The van der Waals surface area contributed by atoms with Crippen molar-refractivity contribution in [3.8, 4) is 0 Å². The lowest BCUT2D eigenvalue weighted by Gasteiger charge is -1.98. The maximum atomic E-state index is 5.68. The van der Waals surface area contributed by atoms with Gasteiger partial charge >= 0.3 is 0 Å². The second-order valence-corrected chi connectivity index (χ2v) is 3.14. The standard InChI is InChI=1S/C6H5Cl2N2S/c1-11-6-9-3-4(8)5(2-7)10-6/h2H2,1H3. The highest BCUT2D eigenvalue weighted by molar-refractivity contribution is 7.98. The van der Waals surface area contributed by atoms with Crippen molar-refractivity contribution in [2.75, 3.05) is 6.26 Å². The van der Waals surface area contributed by atoms with Crippen LogP contribution < -0.4 is 0 Å². The Balaban J connectivity index is 3.02. The highest BCUT2D eigenvalue weighted by Gasteiger charge is 2.02. The van der Waals surface area contributed by atoms with Crippen molar-refractivity contribution in [1.29, 1.82) is 0 Å². The molecule has 0 aliphatic rings. The lowest BCUT2D eigenvalue weighted by Crippen LogP contribution is -1.92. The quantitative estimate of drug-likeness (QED) is 0.424. The topological polar surface area (TPSA) is 25.8 Å². The van der Waals surface area contributed by atoms with E-state index in [-0.39, 0.29) is 0 Å². The predicted molar refractivity (Wildman–Crippen MR) is 47.2 cm³/mol. The molecule has 0 unspecified atom stereocenters. The zero-order valence-electron chi connectivity index (χ0n) is 5.77. The monoisotopic (exact) mass is 207 g/mol. The highest BCUT2D eigenvalue weighted by Crippen LogP contribution is 2.16. The maximum Gasteiger partial charge on any atom is 0.188 e. The van der Waals surface area contributed by atoms with Gasteiger partial charge < -0.3 is 0 Å². The molecule has 0 saturated heterocycles. The van der Waals surface area contributed by atoms with Gasteiger partial charge in [0.25, 0.3) is 0 Å². The minimum Gasteiger partial charge on any atom is -0.225 e. The number of nitrogens with zero attached hydrogens (tertiary/aromatic N) is 2. The fraction of sp³-hybridized carbons (Fsp3) is 0.333. The van der Waals surface area contributed by atoms with Crippen LogP contribution in [0.3, 0.4) is 0 Å². The molecule has 0 amide bonds. The Morgan fingerprint density at radius 1 is 1.64 bits per heavy atom. The highest BCUT2D eigenvalue weighted by atomic mass is 35.5. The molecule has 0 aromatic carbocycles. The third-order valence-electron chi connectivity index (χ3n) is 1.04. The number of hydrogen-bond acceptors (Lipinski definition) is 3. The number of hydrogen-bond donors (Lipinski definition) is 0. The lowest BCUT2D eigenvalue weighted by atomic mass is 10.5. The van der Waals surface area contributed by atoms with E-state index >= 15 is 0 Å². The van der Waals surface area contributed by atoms with E-state index in [1.54, 1.807) is 0 Å². The van der Waals surface area contributed by atoms with E-state index in [9.17, 15) is 0 Å². The summed E-state index contributed by atoms with van der Waals surface area (Å²) in [7, 11) is 0. The van der Waals surface area contributed by atoms with Crippen LogP contribution in [0, 0.1) is 6.20 Å². The third kappa shape index (κ3) is 2.22. The molecule has 0 aliphatic heterocycles. The Morgan fingerprint density at radius 3 is 2.91 bits per heavy atom. The first-order chi connectivity index (χ1) is 5.27. The number of alkyl halides is 1. The van der Waals surface area contributed by atoms with Gasteiger partial charge in [0, 0.05) is 0 Å². The first kappa shape index (κ1) is 9.10. The SMILES string of the molecule is CSc1n[c]c(Cl)c(CCl)n1. The Hall–Kier alpha value is 0.01000. The molecule has 1 radical (unpaired) electrons. The molecule has 2 nitrogen and oxygen atoms in total. The normalized spacial score (nSPS) is 10.1. The minimum absolute atomic E-state index is 0.297. The summed E-state index contributed by atoms with van der Waals surface area (Å²) in [5, 5.41) is 1.04. The number of thioether (sulfide) groups is 1. The van der Waals surface area contributed by atoms with E-state index in [4.69, 9.17) is 23.2 Å². The largest absolute Gasteiger partial charge is 0.225 e. The van der Waals surface area contributed by atoms with Crippen molar-refractivity contribution in [3.05, 3.63) is 16.9 Å². The van der Waals surface area contributed by atoms with Gasteiger partial charge in [0.15, 0.2) is 5.16 Å². The summed E-state index contributed by atoms with van der Waals surface area (Å²) in [5.74, 6) is 0.297. The molecule has 0 N–H and O–H groups in total. The summed E-state index contributed by atoms with van der Waals surface area (Å²) < 4.78 is 0. The van der Waals surface area contributed by atoms with Gasteiger partial charge in [-0.15, -0.1) is 11.6 Å². The van der Waals surface area contributed by atoms with Crippen LogP contribution in [-0.4, -0.2) is 16.2 Å². The Morgan fingerprint density at radius 2 is 2.36 bits per heavy atom. The van der Waals surface area contributed by atoms with E-state index < -0.39 is 0 Å². The van der Waals surface area contributed by atoms with E-state index in [1.807, 2.05) is 6.26 Å². The molecule has 11 heavy (non-hydrogen) atoms. The Bertz CT molecular complexity index is 254. The minimum atomic E-state index is 0.297. The second kappa shape index (κ2) is 4.14. The molecule has 1 aromatic heterocycles. The molecule has 1 heterocycles. The van der Waals surface area contributed by atoms with Crippen molar-refractivity contribution in [2.45, 2.75) is 11.0 Å². The molecule has 1 rings (SSSR count). The van der Waals surface area contributed by atoms with Crippen molar-refractivity contribution in [3.63, 3.8) is 0 Å². The average molecular weight is 208 g/mol. The van der Waals surface area contributed by atoms with Crippen LogP contribution in [-0.2, 0) is 5.88 Å². The molecule has 0 bridgehead atoms. The van der Waals surface area contributed by atoms with Gasteiger partial charge in [-0.2, -0.15) is 0 Å². The molecule has 0 saturated carbocycles. The summed E-state index contributed by atoms with van der Waals surface area (Å²) in [6, 6.07) is 0. The van der Waals surface area contributed by atoms with E-state index in [2.05, 4.69) is 16.2 Å². The lowest BCUT2D eigenvalue weighted by molar-refractivity contribution is 0.922. The number of halogens is 2. The van der Waals surface area contributed by atoms with Gasteiger partial charge in [-0.25, -0.2) is 9.97 Å². The predicted octanol–water partition coefficient (Wildman–Crippen LogP) is 2.39. The van der Waals surface area contributed by atoms with Crippen molar-refractivity contribution in [1.82, 2.24) is 9.97 Å². The number of aromatic nitrogens is 2. The zero-order valence-corrected chi connectivity index (χ0v) is 8.09. The summed E-state index contributed by atoms with van der Waals surface area (Å²) in [4.78, 5) is 7.91. The molecule has 0 spiro atoms. The van der Waals surface area contributed by atoms with Crippen LogP contribution >= 0.6 is 35.0 Å². The van der Waals surface area contributed by atoms with Crippen LogP contribution in [0.25, 0.3) is 0 Å². The zero-order chi connectivity index (χ0) is 8.27. The van der Waals surface area contributed by atoms with Crippen LogP contribution in [0.15, 0.2) is 5.16 Å². The Labute approximate surface area is 79.3 Å². The van der Waals surface area contributed by atoms with Crippen LogP contribution in [0.2, 0.25) is 5.02 Å². The van der Waals surface area contributed by atoms with Gasteiger partial charge in [0.05, 0.1) is 16.6 Å². The molecule has 59 valence electrons. The molecule has 5 heteroatoms. The summed E-state index contributed by atoms with van der Waals surface area (Å²) in [6.07, 6.45) is 4.50. The average Bonchev–Trinajstić information content (AvgIpc) is 2.05. The van der Waals surface area contributed by atoms with Crippen LogP contribution in [0.4, 0.5) is 0 Å². The smallest absolute Gasteiger partial charge is 0.188 e. The fourth-order valence-electron chi connectivity index (χ4n) is 0.531. The van der Waals surface area contributed by atoms with E-state index in [1.165, 1.54) is 11.8 Å². The third-order valence-corrected chi connectivity index (χ3v) is 2.15. The van der Waals surface area contributed by atoms with Gasteiger partial charge in [-0.3, -0.25) is 0 Å². The molecular formula is C6H5Cl2N2S. The molecular weight excluding hydrogens is 203 g/mol. The summed E-state index contributed by atoms with van der Waals surface area (Å²) >= 11 is 12.7. The van der Waals surface area contributed by atoms with Gasteiger partial charge in [-0.1, -0.05) is 23.4 Å². The van der Waals surface area contributed by atoms with Gasteiger partial charge in [-0.05, 0) is 6.26 Å². The molecule has 0 fully saturated rings. The number of rotatable bonds is 2. The van der Waals surface area contributed by atoms with Crippen molar-refractivity contribution in [2.24, 2.45) is 0 Å². The van der Waals surface area contributed by atoms with E-state index in [0.717, 1.165) is 0 Å². The molecule has 0 aliphatic carbocycles. The van der Waals surface area contributed by atoms with Gasteiger partial charge in [0.1, 0.15) is 6.20 Å². The molecule has 0 atom stereocenters. The van der Waals surface area contributed by atoms with Crippen molar-refractivity contribution >= 4 is 35.0 Å². The maximum absolute atomic E-state index is 5.68. The summed E-state index contributed by atoms with van der Waals surface area (Å²) in [5.41, 5.74) is 0.632.